The number of hydrogen-bond donors (Lipinski definition) is 2. The predicted molar refractivity (Wildman–Crippen MR) is 116 cm³/mol. The summed E-state index contributed by atoms with van der Waals surface area (Å²) in [5.74, 6) is 2.58. The lowest BCUT2D eigenvalue weighted by atomic mass is 10.0. The number of nitrogens with zero attached hydrogens (tertiary/aromatic N) is 6. The molecule has 8 heteroatoms. The highest BCUT2D eigenvalue weighted by Crippen LogP contribution is 2.38. The summed E-state index contributed by atoms with van der Waals surface area (Å²) >= 11 is 0. The van der Waals surface area contributed by atoms with Gasteiger partial charge in [0.05, 0.1) is 16.9 Å². The van der Waals surface area contributed by atoms with Gasteiger partial charge in [-0.25, -0.2) is 4.98 Å². The molecule has 8 nitrogen and oxygen atoms in total. The van der Waals surface area contributed by atoms with Crippen molar-refractivity contribution in [2.24, 2.45) is 0 Å². The molecule has 0 fully saturated rings. The van der Waals surface area contributed by atoms with Crippen LogP contribution in [-0.2, 0) is 0 Å². The van der Waals surface area contributed by atoms with E-state index in [1.165, 1.54) is 6.21 Å². The van der Waals surface area contributed by atoms with E-state index in [2.05, 4.69) is 49.0 Å². The Bertz CT molecular complexity index is 1170. The summed E-state index contributed by atoms with van der Waals surface area (Å²) in [5.41, 5.74) is 4.11. The number of allylic oxidation sites excluding steroid dienone is 1. The molecule has 0 radical (unpaired) electrons. The number of anilines is 2. The minimum atomic E-state index is 0.106. The third-order valence-electron chi connectivity index (χ3n) is 5.20. The third kappa shape index (κ3) is 3.20. The summed E-state index contributed by atoms with van der Waals surface area (Å²) in [5, 5.41) is 28.6. The number of rotatable bonds is 4. The maximum atomic E-state index is 9.12. The number of nitriles is 1. The smallest absolute Gasteiger partial charge is 0.142 e. The topological polar surface area (TPSA) is 107 Å². The van der Waals surface area contributed by atoms with Crippen LogP contribution in [-0.4, -0.2) is 39.6 Å². The Labute approximate surface area is 175 Å². The monoisotopic (exact) mass is 398 g/mol. The fourth-order valence-corrected chi connectivity index (χ4v) is 3.75. The lowest BCUT2D eigenvalue weighted by Crippen LogP contribution is -2.23. The molecule has 0 saturated heterocycles. The average Bonchev–Trinajstić information content (AvgIpc) is 3.11. The molecule has 0 saturated carbocycles. The largest absolute Gasteiger partial charge is 0.393 e. The van der Waals surface area contributed by atoms with Crippen molar-refractivity contribution in [3.05, 3.63) is 65.5 Å². The average molecular weight is 398 g/mol. The Morgan fingerprint density at radius 1 is 1.27 bits per heavy atom. The second kappa shape index (κ2) is 7.79. The molecule has 0 aliphatic carbocycles. The summed E-state index contributed by atoms with van der Waals surface area (Å²) < 4.78 is 2.08. The maximum Gasteiger partial charge on any atom is 0.142 e. The minimum absolute atomic E-state index is 0.106. The first-order valence-corrected chi connectivity index (χ1v) is 9.65. The molecule has 150 valence electrons. The van der Waals surface area contributed by atoms with Gasteiger partial charge in [-0.2, -0.15) is 5.26 Å². The molecule has 1 aliphatic heterocycles. The van der Waals surface area contributed by atoms with Crippen molar-refractivity contribution in [3.63, 3.8) is 0 Å². The molecule has 3 aromatic rings. The molecule has 0 bridgehead atoms. The molecule has 1 atom stereocenters. The highest BCUT2D eigenvalue weighted by atomic mass is 15.3. The molecule has 0 spiro atoms. The Hall–Kier alpha value is -3.99. The number of hydrogen-bond acceptors (Lipinski definition) is 7. The summed E-state index contributed by atoms with van der Waals surface area (Å²) in [6.07, 6.45) is 4.72. The number of fused-ring (bicyclic) bond motifs is 3. The SMILES string of the molecule is CN/C=C(\C=N)c1ccc2c(c1)N(c1ccc(C#N)cn1)CC(C)c1nnc(C)n1-2. The van der Waals surface area contributed by atoms with Crippen molar-refractivity contribution in [1.82, 2.24) is 25.1 Å². The van der Waals surface area contributed by atoms with E-state index >= 15 is 0 Å². The molecule has 3 heterocycles. The zero-order chi connectivity index (χ0) is 21.3. The first-order valence-electron chi connectivity index (χ1n) is 9.65. The molecular formula is C22H22N8. The molecule has 2 N–H and O–H groups in total. The van der Waals surface area contributed by atoms with Crippen molar-refractivity contribution >= 4 is 23.3 Å². The van der Waals surface area contributed by atoms with Crippen LogP contribution in [0.5, 0.6) is 0 Å². The quantitative estimate of drug-likeness (QED) is 0.653. The van der Waals surface area contributed by atoms with E-state index in [1.54, 1.807) is 18.5 Å². The second-order valence-electron chi connectivity index (χ2n) is 7.21. The third-order valence-corrected chi connectivity index (χ3v) is 5.20. The minimum Gasteiger partial charge on any atom is -0.393 e. The number of aromatic nitrogens is 4. The van der Waals surface area contributed by atoms with Gasteiger partial charge in [-0.1, -0.05) is 13.0 Å². The predicted octanol–water partition coefficient (Wildman–Crippen LogP) is 3.31. The first kappa shape index (κ1) is 19.3. The zero-order valence-corrected chi connectivity index (χ0v) is 17.1. The molecule has 4 rings (SSSR count). The Kier molecular flexibility index (Phi) is 5.02. The van der Waals surface area contributed by atoms with Crippen molar-refractivity contribution < 1.29 is 0 Å². The van der Waals surface area contributed by atoms with Gasteiger partial charge in [0.15, 0.2) is 0 Å². The summed E-state index contributed by atoms with van der Waals surface area (Å²) in [6, 6.07) is 11.8. The van der Waals surface area contributed by atoms with Gasteiger partial charge in [-0.3, -0.25) is 4.57 Å². The van der Waals surface area contributed by atoms with Gasteiger partial charge in [0.1, 0.15) is 23.5 Å². The van der Waals surface area contributed by atoms with Crippen LogP contribution in [0.3, 0.4) is 0 Å². The lowest BCUT2D eigenvalue weighted by Gasteiger charge is -2.26. The first-order chi connectivity index (χ1) is 14.6. The molecular weight excluding hydrogens is 376 g/mol. The van der Waals surface area contributed by atoms with Crippen LogP contribution in [0.15, 0.2) is 42.7 Å². The maximum absolute atomic E-state index is 9.12. The van der Waals surface area contributed by atoms with Crippen molar-refractivity contribution in [1.29, 1.82) is 10.7 Å². The fraction of sp³-hybridized carbons (Fsp3) is 0.227. The normalized spacial score (nSPS) is 15.6. The standard InChI is InChI=1S/C22H22N8/c1-14-13-29(21-7-4-16(9-23)11-26-21)20-8-17(18(10-24)12-25-3)5-6-19(20)30-15(2)27-28-22(14)30/h4-8,10-12,14,24-25H,13H2,1-3H3/b18-12+,24-10?. The molecule has 1 aliphatic rings. The number of benzene rings is 1. The van der Waals surface area contributed by atoms with Gasteiger partial charge in [0.2, 0.25) is 0 Å². The fourth-order valence-electron chi connectivity index (χ4n) is 3.75. The molecule has 1 aromatic carbocycles. The number of pyridine rings is 1. The van der Waals surface area contributed by atoms with Crippen molar-refractivity contribution in [2.45, 2.75) is 19.8 Å². The van der Waals surface area contributed by atoms with E-state index in [1.807, 2.05) is 32.2 Å². The van der Waals surface area contributed by atoms with Crippen LogP contribution in [0.4, 0.5) is 11.5 Å². The molecule has 1 unspecified atom stereocenters. The molecule has 30 heavy (non-hydrogen) atoms. The van der Waals surface area contributed by atoms with Gasteiger partial charge in [-0.15, -0.1) is 10.2 Å². The number of nitrogens with one attached hydrogen (secondary N) is 2. The Morgan fingerprint density at radius 3 is 2.77 bits per heavy atom. The summed E-state index contributed by atoms with van der Waals surface area (Å²) in [6.45, 7) is 4.72. The van der Waals surface area contributed by atoms with Gasteiger partial charge in [0, 0.05) is 43.7 Å². The van der Waals surface area contributed by atoms with Gasteiger partial charge < -0.3 is 15.6 Å². The van der Waals surface area contributed by atoms with E-state index in [4.69, 9.17) is 10.7 Å². The van der Waals surface area contributed by atoms with Crippen LogP contribution in [0.1, 0.15) is 35.6 Å². The van der Waals surface area contributed by atoms with E-state index in [9.17, 15) is 0 Å². The Balaban J connectivity index is 1.95. The second-order valence-corrected chi connectivity index (χ2v) is 7.21. The van der Waals surface area contributed by atoms with Crippen LogP contribution < -0.4 is 10.2 Å². The molecule has 0 amide bonds. The van der Waals surface area contributed by atoms with Gasteiger partial charge in [0.25, 0.3) is 0 Å². The van der Waals surface area contributed by atoms with E-state index in [-0.39, 0.29) is 5.92 Å². The Morgan fingerprint density at radius 2 is 2.10 bits per heavy atom. The number of aryl methyl sites for hydroxylation is 1. The van der Waals surface area contributed by atoms with Crippen LogP contribution in [0.2, 0.25) is 0 Å². The highest BCUT2D eigenvalue weighted by Gasteiger charge is 2.29. The summed E-state index contributed by atoms with van der Waals surface area (Å²) in [4.78, 5) is 6.67. The van der Waals surface area contributed by atoms with Crippen molar-refractivity contribution in [2.75, 3.05) is 18.5 Å². The highest BCUT2D eigenvalue weighted by molar-refractivity contribution is 6.08. The zero-order valence-electron chi connectivity index (χ0n) is 17.1. The molecule has 2 aromatic heterocycles. The van der Waals surface area contributed by atoms with Crippen LogP contribution in [0.25, 0.3) is 11.3 Å². The van der Waals surface area contributed by atoms with E-state index in [0.29, 0.717) is 12.1 Å². The van der Waals surface area contributed by atoms with Gasteiger partial charge >= 0.3 is 0 Å². The van der Waals surface area contributed by atoms with Crippen LogP contribution >= 0.6 is 0 Å². The lowest BCUT2D eigenvalue weighted by molar-refractivity contribution is 0.693. The van der Waals surface area contributed by atoms with Crippen molar-refractivity contribution in [3.8, 4) is 11.8 Å². The van der Waals surface area contributed by atoms with Gasteiger partial charge in [-0.05, 0) is 36.8 Å². The van der Waals surface area contributed by atoms with E-state index in [0.717, 1.165) is 40.0 Å². The van der Waals surface area contributed by atoms with Crippen LogP contribution in [0, 0.1) is 23.7 Å². The van der Waals surface area contributed by atoms with E-state index < -0.39 is 0 Å². The summed E-state index contributed by atoms with van der Waals surface area (Å²) in [7, 11) is 1.81.